The highest BCUT2D eigenvalue weighted by Gasteiger charge is 2.41. The molecule has 0 saturated carbocycles. The molecule has 2 aliphatic rings. The van der Waals surface area contributed by atoms with Gasteiger partial charge in [0.1, 0.15) is 6.04 Å². The van der Waals surface area contributed by atoms with Gasteiger partial charge in [-0.2, -0.15) is 4.31 Å². The fraction of sp³-hybridized carbons (Fsp3) is 0.375. The average Bonchev–Trinajstić information content (AvgIpc) is 3.07. The van der Waals surface area contributed by atoms with E-state index in [-0.39, 0.29) is 21.7 Å². The van der Waals surface area contributed by atoms with Gasteiger partial charge >= 0.3 is 0 Å². The SMILES string of the molecule is CCN1CCN(S(=O)(=O)c2cccc(NC(=O)[C@H](C)N3C(=O)c4ccc(C)cc4C3=O)c2)CC1. The monoisotopic (exact) mass is 484 g/mol. The van der Waals surface area contributed by atoms with Gasteiger partial charge in [0.2, 0.25) is 15.9 Å². The number of rotatable bonds is 6. The van der Waals surface area contributed by atoms with Crippen LogP contribution in [0.3, 0.4) is 0 Å². The Kier molecular flexibility index (Phi) is 6.57. The first kappa shape index (κ1) is 24.1. The summed E-state index contributed by atoms with van der Waals surface area (Å²) in [6.07, 6.45) is 0. The second-order valence-corrected chi connectivity index (χ2v) is 10.5. The Morgan fingerprint density at radius 1 is 1.00 bits per heavy atom. The predicted octanol–water partition coefficient (Wildman–Crippen LogP) is 1.94. The fourth-order valence-electron chi connectivity index (χ4n) is 4.26. The molecule has 3 amide bonds. The van der Waals surface area contributed by atoms with Crippen molar-refractivity contribution < 1.29 is 22.8 Å². The third-order valence-corrected chi connectivity index (χ3v) is 8.25. The second kappa shape index (κ2) is 9.28. The van der Waals surface area contributed by atoms with Crippen LogP contribution in [-0.2, 0) is 14.8 Å². The predicted molar refractivity (Wildman–Crippen MR) is 127 cm³/mol. The van der Waals surface area contributed by atoms with Crippen molar-refractivity contribution in [3.8, 4) is 0 Å². The molecule has 10 heteroatoms. The number of likely N-dealkylation sites (N-methyl/N-ethyl adjacent to an activating group) is 1. The zero-order chi connectivity index (χ0) is 24.6. The summed E-state index contributed by atoms with van der Waals surface area (Å²) in [7, 11) is -3.71. The maximum atomic E-state index is 13.1. The van der Waals surface area contributed by atoms with E-state index in [9.17, 15) is 22.8 Å². The molecule has 1 N–H and O–H groups in total. The normalized spacial score (nSPS) is 18.1. The molecule has 2 aromatic carbocycles. The topological polar surface area (TPSA) is 107 Å². The lowest BCUT2D eigenvalue weighted by atomic mass is 10.1. The summed E-state index contributed by atoms with van der Waals surface area (Å²) < 4.78 is 27.6. The molecule has 0 unspecified atom stereocenters. The molecule has 0 radical (unpaired) electrons. The van der Waals surface area contributed by atoms with Crippen molar-refractivity contribution in [3.63, 3.8) is 0 Å². The molecular formula is C24H28N4O5S. The second-order valence-electron chi connectivity index (χ2n) is 8.56. The number of hydrogen-bond acceptors (Lipinski definition) is 6. The molecule has 1 fully saturated rings. The molecule has 2 aromatic rings. The Bertz CT molecular complexity index is 1250. The zero-order valence-electron chi connectivity index (χ0n) is 19.4. The number of carbonyl (C=O) groups is 3. The number of fused-ring (bicyclic) bond motifs is 1. The standard InChI is InChI=1S/C24H28N4O5S/c1-4-26-10-12-27(13-11-26)34(32,33)19-7-5-6-18(15-19)25-22(29)17(3)28-23(30)20-9-8-16(2)14-21(20)24(28)31/h5-9,14-15,17H,4,10-13H2,1-3H3,(H,25,29)/t17-/m0/s1. The van der Waals surface area contributed by atoms with Gasteiger partial charge in [0.25, 0.3) is 11.8 Å². The highest BCUT2D eigenvalue weighted by Crippen LogP contribution is 2.27. The van der Waals surface area contributed by atoms with Crippen LogP contribution in [0.2, 0.25) is 0 Å². The van der Waals surface area contributed by atoms with E-state index < -0.39 is 33.8 Å². The van der Waals surface area contributed by atoms with E-state index in [1.165, 1.54) is 23.4 Å². The van der Waals surface area contributed by atoms with Gasteiger partial charge in [0.15, 0.2) is 0 Å². The largest absolute Gasteiger partial charge is 0.324 e. The van der Waals surface area contributed by atoms with Crippen molar-refractivity contribution in [2.75, 3.05) is 38.0 Å². The minimum atomic E-state index is -3.71. The molecule has 4 rings (SSSR count). The lowest BCUT2D eigenvalue weighted by Gasteiger charge is -2.33. The molecule has 0 aliphatic carbocycles. The van der Waals surface area contributed by atoms with Crippen LogP contribution in [0.1, 0.15) is 40.1 Å². The van der Waals surface area contributed by atoms with Gasteiger partial charge in [-0.15, -0.1) is 0 Å². The number of sulfonamides is 1. The summed E-state index contributed by atoms with van der Waals surface area (Å²) in [5.74, 6) is -1.63. The van der Waals surface area contributed by atoms with Crippen molar-refractivity contribution in [2.45, 2.75) is 31.7 Å². The molecule has 34 heavy (non-hydrogen) atoms. The molecule has 2 aliphatic heterocycles. The van der Waals surface area contributed by atoms with E-state index in [1.54, 1.807) is 30.3 Å². The Morgan fingerprint density at radius 3 is 2.35 bits per heavy atom. The third kappa shape index (κ3) is 4.36. The van der Waals surface area contributed by atoms with Crippen LogP contribution in [0.25, 0.3) is 0 Å². The summed E-state index contributed by atoms with van der Waals surface area (Å²) in [4.78, 5) is 41.7. The fourth-order valence-corrected chi connectivity index (χ4v) is 5.73. The number of amides is 3. The minimum absolute atomic E-state index is 0.0825. The summed E-state index contributed by atoms with van der Waals surface area (Å²) in [5, 5.41) is 2.65. The van der Waals surface area contributed by atoms with Crippen molar-refractivity contribution in [3.05, 3.63) is 59.2 Å². The Balaban J connectivity index is 1.49. The van der Waals surface area contributed by atoms with E-state index >= 15 is 0 Å². The van der Waals surface area contributed by atoms with E-state index in [0.29, 0.717) is 26.2 Å². The van der Waals surface area contributed by atoms with E-state index in [0.717, 1.165) is 17.0 Å². The first-order valence-electron chi connectivity index (χ1n) is 11.3. The summed E-state index contributed by atoms with van der Waals surface area (Å²) in [6.45, 7) is 8.36. The maximum Gasteiger partial charge on any atom is 0.262 e. The van der Waals surface area contributed by atoms with Crippen molar-refractivity contribution in [1.29, 1.82) is 0 Å². The van der Waals surface area contributed by atoms with Crippen LogP contribution in [0.4, 0.5) is 5.69 Å². The van der Waals surface area contributed by atoms with Gasteiger partial charge in [0, 0.05) is 31.9 Å². The van der Waals surface area contributed by atoms with Gasteiger partial charge < -0.3 is 10.2 Å². The molecule has 1 atom stereocenters. The highest BCUT2D eigenvalue weighted by molar-refractivity contribution is 7.89. The number of piperazine rings is 1. The molecule has 180 valence electrons. The van der Waals surface area contributed by atoms with Crippen LogP contribution in [-0.4, -0.2) is 79.0 Å². The van der Waals surface area contributed by atoms with Gasteiger partial charge in [-0.3, -0.25) is 19.3 Å². The molecule has 0 bridgehead atoms. The molecule has 2 heterocycles. The van der Waals surface area contributed by atoms with Crippen LogP contribution < -0.4 is 5.32 Å². The van der Waals surface area contributed by atoms with Crippen molar-refractivity contribution >= 4 is 33.4 Å². The summed E-state index contributed by atoms with van der Waals surface area (Å²) >= 11 is 0. The lowest BCUT2D eigenvalue weighted by molar-refractivity contribution is -0.119. The van der Waals surface area contributed by atoms with E-state index in [1.807, 2.05) is 13.8 Å². The summed E-state index contributed by atoms with van der Waals surface area (Å²) in [5.41, 5.74) is 1.66. The average molecular weight is 485 g/mol. The van der Waals surface area contributed by atoms with Crippen molar-refractivity contribution in [1.82, 2.24) is 14.1 Å². The molecule has 1 saturated heterocycles. The molecule has 0 aromatic heterocycles. The Labute approximate surface area is 199 Å². The highest BCUT2D eigenvalue weighted by atomic mass is 32.2. The van der Waals surface area contributed by atoms with E-state index in [4.69, 9.17) is 0 Å². The number of benzene rings is 2. The first-order valence-corrected chi connectivity index (χ1v) is 12.7. The minimum Gasteiger partial charge on any atom is -0.324 e. The zero-order valence-corrected chi connectivity index (χ0v) is 20.3. The number of hydrogen-bond donors (Lipinski definition) is 1. The quantitative estimate of drug-likeness (QED) is 0.628. The number of nitrogens with one attached hydrogen (secondary N) is 1. The Morgan fingerprint density at radius 2 is 1.68 bits per heavy atom. The molecular weight excluding hydrogens is 456 g/mol. The smallest absolute Gasteiger partial charge is 0.262 e. The molecule has 9 nitrogen and oxygen atoms in total. The maximum absolute atomic E-state index is 13.1. The first-order chi connectivity index (χ1) is 16.1. The summed E-state index contributed by atoms with van der Waals surface area (Å²) in [6, 6.07) is 9.91. The Hall–Kier alpha value is -3.08. The van der Waals surface area contributed by atoms with Gasteiger partial charge in [-0.25, -0.2) is 8.42 Å². The third-order valence-electron chi connectivity index (χ3n) is 6.36. The molecule has 0 spiro atoms. The van der Waals surface area contributed by atoms with Gasteiger partial charge in [-0.05, 0) is 50.7 Å². The number of carbonyl (C=O) groups excluding carboxylic acids is 3. The van der Waals surface area contributed by atoms with Gasteiger partial charge in [-0.1, -0.05) is 24.6 Å². The number of nitrogens with zero attached hydrogens (tertiary/aromatic N) is 3. The van der Waals surface area contributed by atoms with Crippen LogP contribution in [0, 0.1) is 6.92 Å². The van der Waals surface area contributed by atoms with Gasteiger partial charge in [0.05, 0.1) is 16.0 Å². The van der Waals surface area contributed by atoms with Crippen LogP contribution >= 0.6 is 0 Å². The number of imide groups is 1. The van der Waals surface area contributed by atoms with Crippen molar-refractivity contribution in [2.24, 2.45) is 0 Å². The van der Waals surface area contributed by atoms with Crippen LogP contribution in [0.15, 0.2) is 47.4 Å². The van der Waals surface area contributed by atoms with Crippen LogP contribution in [0.5, 0.6) is 0 Å². The lowest BCUT2D eigenvalue weighted by Crippen LogP contribution is -2.48. The number of anilines is 1. The van der Waals surface area contributed by atoms with E-state index in [2.05, 4.69) is 10.2 Å². The number of aryl methyl sites for hydroxylation is 1.